The second-order valence-electron chi connectivity index (χ2n) is 6.03. The van der Waals surface area contributed by atoms with Gasteiger partial charge in [-0.15, -0.1) is 0 Å². The Morgan fingerprint density at radius 1 is 1.24 bits per heavy atom. The fourth-order valence-corrected chi connectivity index (χ4v) is 3.66. The summed E-state index contributed by atoms with van der Waals surface area (Å²) >= 11 is 3.53. The van der Waals surface area contributed by atoms with E-state index in [1.807, 2.05) is 49.4 Å². The smallest absolute Gasteiger partial charge is 0.293 e. The minimum absolute atomic E-state index is 0.0893. The van der Waals surface area contributed by atoms with E-state index in [1.165, 1.54) is 0 Å². The lowest BCUT2D eigenvalue weighted by molar-refractivity contribution is 0.843. The van der Waals surface area contributed by atoms with Crippen LogP contribution in [-0.4, -0.2) is 14.1 Å². The number of aryl methyl sites for hydroxylation is 1. The molecule has 0 N–H and O–H groups in total. The number of nitrogens with zero attached hydrogens (tertiary/aromatic N) is 3. The van der Waals surface area contributed by atoms with Crippen LogP contribution in [0.15, 0.2) is 58.4 Å². The van der Waals surface area contributed by atoms with Crippen LogP contribution < -0.4 is 5.69 Å². The van der Waals surface area contributed by atoms with Crippen molar-refractivity contribution < 1.29 is 0 Å². The molecule has 0 aliphatic rings. The number of pyridine rings is 1. The summed E-state index contributed by atoms with van der Waals surface area (Å²) in [5.41, 5.74) is 5.33. The molecule has 0 bridgehead atoms. The summed E-state index contributed by atoms with van der Waals surface area (Å²) in [6.07, 6.45) is 3.57. The first kappa shape index (κ1) is 15.8. The van der Waals surface area contributed by atoms with E-state index < -0.39 is 0 Å². The van der Waals surface area contributed by atoms with Crippen molar-refractivity contribution in [2.75, 3.05) is 0 Å². The molecule has 0 saturated carbocycles. The molecule has 0 atom stereocenters. The molecular weight excluding hydrogens is 378 g/mol. The highest BCUT2D eigenvalue weighted by Crippen LogP contribution is 2.29. The molecule has 0 radical (unpaired) electrons. The van der Waals surface area contributed by atoms with E-state index in [2.05, 4.69) is 27.5 Å². The molecular formula is C20H16BrN3O. The van der Waals surface area contributed by atoms with E-state index in [0.29, 0.717) is 0 Å². The van der Waals surface area contributed by atoms with Crippen LogP contribution in [0.4, 0.5) is 0 Å². The number of hydrogen-bond donors (Lipinski definition) is 0. The van der Waals surface area contributed by atoms with Crippen LogP contribution in [0.5, 0.6) is 0 Å². The van der Waals surface area contributed by atoms with Gasteiger partial charge in [-0.1, -0.05) is 40.7 Å². The van der Waals surface area contributed by atoms with Gasteiger partial charge in [-0.2, -0.15) is 0 Å². The molecule has 0 spiro atoms. The minimum Gasteiger partial charge on any atom is -0.293 e. The standard InChI is InChI=1S/C20H16BrN3O/c1-4-13-6-5-7-17(12(13)2)24-19-15-10-14(21)8-9-16(15)22-11-18(19)23(3)20(24)25/h4-11H,1H2,2-3H3. The molecule has 2 aromatic carbocycles. The monoisotopic (exact) mass is 393 g/mol. The zero-order valence-electron chi connectivity index (χ0n) is 14.0. The minimum atomic E-state index is -0.0893. The quantitative estimate of drug-likeness (QED) is 0.499. The molecule has 124 valence electrons. The van der Waals surface area contributed by atoms with Gasteiger partial charge in [-0.25, -0.2) is 4.79 Å². The van der Waals surface area contributed by atoms with Gasteiger partial charge in [-0.05, 0) is 42.3 Å². The SMILES string of the molecule is C=Cc1cccc(-n2c(=O)n(C)c3cnc4ccc(Br)cc4c32)c1C. The summed E-state index contributed by atoms with van der Waals surface area (Å²) in [6, 6.07) is 11.8. The lowest BCUT2D eigenvalue weighted by atomic mass is 10.1. The van der Waals surface area contributed by atoms with Gasteiger partial charge < -0.3 is 0 Å². The Labute approximate surface area is 153 Å². The molecule has 2 heterocycles. The summed E-state index contributed by atoms with van der Waals surface area (Å²) in [7, 11) is 1.78. The second-order valence-corrected chi connectivity index (χ2v) is 6.94. The summed E-state index contributed by atoms with van der Waals surface area (Å²) in [4.78, 5) is 17.5. The second kappa shape index (κ2) is 5.70. The third-order valence-corrected chi connectivity index (χ3v) is 5.15. The Kier molecular flexibility index (Phi) is 3.62. The van der Waals surface area contributed by atoms with Crippen molar-refractivity contribution in [3.8, 4) is 5.69 Å². The summed E-state index contributed by atoms with van der Waals surface area (Å²) < 4.78 is 4.37. The fourth-order valence-electron chi connectivity index (χ4n) is 3.30. The Morgan fingerprint density at radius 2 is 2.04 bits per heavy atom. The van der Waals surface area contributed by atoms with Crippen molar-refractivity contribution in [2.24, 2.45) is 7.05 Å². The predicted octanol–water partition coefficient (Wildman–Crippen LogP) is 4.59. The molecule has 25 heavy (non-hydrogen) atoms. The Hall–Kier alpha value is -2.66. The van der Waals surface area contributed by atoms with Crippen LogP contribution in [-0.2, 0) is 7.05 Å². The number of benzene rings is 2. The average molecular weight is 394 g/mol. The van der Waals surface area contributed by atoms with Gasteiger partial charge in [0.25, 0.3) is 0 Å². The topological polar surface area (TPSA) is 39.8 Å². The molecule has 0 unspecified atom stereocenters. The van der Waals surface area contributed by atoms with Gasteiger partial charge >= 0.3 is 5.69 Å². The fraction of sp³-hybridized carbons (Fsp3) is 0.100. The van der Waals surface area contributed by atoms with Crippen molar-refractivity contribution in [2.45, 2.75) is 6.92 Å². The summed E-state index contributed by atoms with van der Waals surface area (Å²) in [5, 5.41) is 0.938. The van der Waals surface area contributed by atoms with Gasteiger partial charge in [0.2, 0.25) is 0 Å². The zero-order valence-corrected chi connectivity index (χ0v) is 15.5. The molecule has 5 heteroatoms. The molecule has 4 rings (SSSR count). The number of imidazole rings is 1. The van der Waals surface area contributed by atoms with E-state index in [9.17, 15) is 4.79 Å². The lowest BCUT2D eigenvalue weighted by Gasteiger charge is -2.11. The maximum Gasteiger partial charge on any atom is 0.333 e. The van der Waals surface area contributed by atoms with Crippen LogP contribution in [0.2, 0.25) is 0 Å². The van der Waals surface area contributed by atoms with Crippen LogP contribution >= 0.6 is 15.9 Å². The van der Waals surface area contributed by atoms with Crippen molar-refractivity contribution >= 4 is 43.9 Å². The first-order chi connectivity index (χ1) is 12.0. The van der Waals surface area contributed by atoms with Gasteiger partial charge in [-0.3, -0.25) is 14.1 Å². The van der Waals surface area contributed by atoms with E-state index in [1.54, 1.807) is 22.4 Å². The Morgan fingerprint density at radius 3 is 2.80 bits per heavy atom. The van der Waals surface area contributed by atoms with Gasteiger partial charge in [0.1, 0.15) is 0 Å². The number of fused-ring (bicyclic) bond motifs is 3. The number of halogens is 1. The van der Waals surface area contributed by atoms with Crippen molar-refractivity contribution in [1.82, 2.24) is 14.1 Å². The highest BCUT2D eigenvalue weighted by atomic mass is 79.9. The van der Waals surface area contributed by atoms with Gasteiger partial charge in [0.05, 0.1) is 28.4 Å². The maximum absolute atomic E-state index is 13.0. The summed E-state index contributed by atoms with van der Waals surface area (Å²) in [6.45, 7) is 5.88. The highest BCUT2D eigenvalue weighted by molar-refractivity contribution is 9.10. The van der Waals surface area contributed by atoms with E-state index in [4.69, 9.17) is 0 Å². The first-order valence-electron chi connectivity index (χ1n) is 7.91. The van der Waals surface area contributed by atoms with Crippen LogP contribution in [0, 0.1) is 6.92 Å². The molecule has 4 nitrogen and oxygen atoms in total. The van der Waals surface area contributed by atoms with Gasteiger partial charge in [0, 0.05) is 16.9 Å². The third kappa shape index (κ3) is 2.27. The molecule has 4 aromatic rings. The largest absolute Gasteiger partial charge is 0.333 e. The molecule has 0 fully saturated rings. The lowest BCUT2D eigenvalue weighted by Crippen LogP contribution is -2.21. The van der Waals surface area contributed by atoms with Crippen LogP contribution in [0.1, 0.15) is 11.1 Å². The maximum atomic E-state index is 13.0. The first-order valence-corrected chi connectivity index (χ1v) is 8.70. The normalized spacial score (nSPS) is 11.3. The number of aromatic nitrogens is 3. The van der Waals surface area contributed by atoms with E-state index in [0.717, 1.165) is 43.2 Å². The molecule has 0 amide bonds. The molecule has 2 aromatic heterocycles. The van der Waals surface area contributed by atoms with Gasteiger partial charge in [0.15, 0.2) is 0 Å². The van der Waals surface area contributed by atoms with E-state index >= 15 is 0 Å². The molecule has 0 aliphatic heterocycles. The third-order valence-electron chi connectivity index (χ3n) is 4.65. The summed E-state index contributed by atoms with van der Waals surface area (Å²) in [5.74, 6) is 0. The Balaban J connectivity index is 2.25. The predicted molar refractivity (Wildman–Crippen MR) is 106 cm³/mol. The molecule has 0 saturated heterocycles. The van der Waals surface area contributed by atoms with Crippen molar-refractivity contribution in [1.29, 1.82) is 0 Å². The van der Waals surface area contributed by atoms with Crippen molar-refractivity contribution in [3.05, 3.63) is 75.3 Å². The van der Waals surface area contributed by atoms with E-state index in [-0.39, 0.29) is 5.69 Å². The average Bonchev–Trinajstić information content (AvgIpc) is 2.87. The highest BCUT2D eigenvalue weighted by Gasteiger charge is 2.17. The Bertz CT molecular complexity index is 1220. The molecule has 0 aliphatic carbocycles. The zero-order chi connectivity index (χ0) is 17.7. The van der Waals surface area contributed by atoms with Crippen molar-refractivity contribution in [3.63, 3.8) is 0 Å². The number of rotatable bonds is 2. The van der Waals surface area contributed by atoms with Crippen LogP contribution in [0.3, 0.4) is 0 Å². The number of hydrogen-bond acceptors (Lipinski definition) is 2. The van der Waals surface area contributed by atoms with Crippen LogP contribution in [0.25, 0.3) is 33.7 Å².